The van der Waals surface area contributed by atoms with E-state index in [2.05, 4.69) is 0 Å². The molecule has 1 aromatic carbocycles. The van der Waals surface area contributed by atoms with Gasteiger partial charge in [0.1, 0.15) is 0 Å². The van der Waals surface area contributed by atoms with Crippen molar-refractivity contribution in [1.82, 2.24) is 9.21 Å². The van der Waals surface area contributed by atoms with Crippen LogP contribution in [0.5, 0.6) is 0 Å². The van der Waals surface area contributed by atoms with Crippen molar-refractivity contribution >= 4 is 21.9 Å². The van der Waals surface area contributed by atoms with E-state index in [4.69, 9.17) is 9.84 Å². The molecule has 1 atom stereocenters. The van der Waals surface area contributed by atoms with Crippen molar-refractivity contribution in [2.45, 2.75) is 38.1 Å². The summed E-state index contributed by atoms with van der Waals surface area (Å²) < 4.78 is 32.2. The predicted molar refractivity (Wildman–Crippen MR) is 99.2 cm³/mol. The Morgan fingerprint density at radius 2 is 1.96 bits per heavy atom. The van der Waals surface area contributed by atoms with Crippen molar-refractivity contribution in [3.05, 3.63) is 29.3 Å². The fraction of sp³-hybridized carbons (Fsp3) is 0.556. The molecule has 9 heteroatoms. The number of hydrogen-bond donors (Lipinski definition) is 1. The summed E-state index contributed by atoms with van der Waals surface area (Å²) in [6.45, 7) is 6.64. The number of carbonyl (C=O) groups excluding carboxylic acids is 1. The number of carbonyl (C=O) groups is 2. The fourth-order valence-corrected chi connectivity index (χ4v) is 4.64. The number of aryl methyl sites for hydroxylation is 1. The number of benzene rings is 1. The first-order valence-corrected chi connectivity index (χ1v) is 10.4. The average Bonchev–Trinajstić information content (AvgIpc) is 2.62. The van der Waals surface area contributed by atoms with Crippen molar-refractivity contribution < 1.29 is 27.9 Å². The molecule has 1 saturated heterocycles. The third-order valence-corrected chi connectivity index (χ3v) is 6.73. The lowest BCUT2D eigenvalue weighted by molar-refractivity contribution is -0.139. The maximum Gasteiger partial charge on any atom is 0.305 e. The van der Waals surface area contributed by atoms with Crippen LogP contribution in [0, 0.1) is 6.92 Å². The fourth-order valence-electron chi connectivity index (χ4n) is 3.15. The van der Waals surface area contributed by atoms with Crippen LogP contribution in [0.3, 0.4) is 0 Å². The standard InChI is InChI=1S/C18H26N2O6S/c1-4-19(5-2)27(24,25)15-7-6-13(3)16(11-15)18(23)20-8-9-26-12-14(20)10-17(21)22/h6-7,11,14H,4-5,8-10,12H2,1-3H3,(H,21,22). The zero-order valence-electron chi connectivity index (χ0n) is 15.8. The number of morpholine rings is 1. The third kappa shape index (κ3) is 4.66. The van der Waals surface area contributed by atoms with Crippen LogP contribution in [0.15, 0.2) is 23.1 Å². The van der Waals surface area contributed by atoms with Crippen LogP contribution in [0.1, 0.15) is 36.2 Å². The number of ether oxygens (including phenoxy) is 1. The van der Waals surface area contributed by atoms with Gasteiger partial charge in [0.25, 0.3) is 5.91 Å². The Bertz CT molecular complexity index is 804. The zero-order valence-corrected chi connectivity index (χ0v) is 16.7. The molecule has 1 aromatic rings. The Hall–Kier alpha value is -1.97. The molecule has 150 valence electrons. The number of rotatable bonds is 7. The number of amides is 1. The molecular weight excluding hydrogens is 372 g/mol. The van der Waals surface area contributed by atoms with E-state index in [1.807, 2.05) is 0 Å². The van der Waals surface area contributed by atoms with Crippen LogP contribution < -0.4 is 0 Å². The number of carboxylic acid groups (broad SMARTS) is 1. The molecule has 0 saturated carbocycles. The average molecular weight is 398 g/mol. The first-order chi connectivity index (χ1) is 12.7. The lowest BCUT2D eigenvalue weighted by Gasteiger charge is -2.35. The Kier molecular flexibility index (Phi) is 6.96. The van der Waals surface area contributed by atoms with Gasteiger partial charge in [-0.1, -0.05) is 19.9 Å². The van der Waals surface area contributed by atoms with Crippen molar-refractivity contribution in [1.29, 1.82) is 0 Å². The minimum absolute atomic E-state index is 0.0585. The predicted octanol–water partition coefficient (Wildman–Crippen LogP) is 1.34. The number of aliphatic carboxylic acids is 1. The molecule has 0 radical (unpaired) electrons. The van der Waals surface area contributed by atoms with Crippen molar-refractivity contribution in [2.75, 3.05) is 32.8 Å². The maximum absolute atomic E-state index is 13.1. The summed E-state index contributed by atoms with van der Waals surface area (Å²) in [6, 6.07) is 3.91. The largest absolute Gasteiger partial charge is 0.481 e. The highest BCUT2D eigenvalue weighted by Gasteiger charge is 2.31. The van der Waals surface area contributed by atoms with Crippen LogP contribution in [-0.4, -0.2) is 73.5 Å². The number of nitrogens with zero attached hydrogens (tertiary/aromatic N) is 2. The summed E-state index contributed by atoms with van der Waals surface area (Å²) in [5.41, 5.74) is 0.902. The second kappa shape index (κ2) is 8.81. The normalized spacial score (nSPS) is 17.9. The maximum atomic E-state index is 13.1. The summed E-state index contributed by atoms with van der Waals surface area (Å²) in [5.74, 6) is -1.39. The molecule has 0 aromatic heterocycles. The lowest BCUT2D eigenvalue weighted by Crippen LogP contribution is -2.49. The zero-order chi connectivity index (χ0) is 20.2. The molecule has 1 heterocycles. The van der Waals surface area contributed by atoms with Gasteiger partial charge < -0.3 is 14.7 Å². The van der Waals surface area contributed by atoms with E-state index in [1.54, 1.807) is 26.8 Å². The van der Waals surface area contributed by atoms with Crippen molar-refractivity contribution in [2.24, 2.45) is 0 Å². The highest BCUT2D eigenvalue weighted by molar-refractivity contribution is 7.89. The van der Waals surface area contributed by atoms with Gasteiger partial charge in [-0.05, 0) is 24.6 Å². The molecule has 1 aliphatic heterocycles. The van der Waals surface area contributed by atoms with E-state index in [0.29, 0.717) is 25.3 Å². The van der Waals surface area contributed by atoms with Crippen molar-refractivity contribution in [3.8, 4) is 0 Å². The quantitative estimate of drug-likeness (QED) is 0.743. The molecule has 27 heavy (non-hydrogen) atoms. The Morgan fingerprint density at radius 3 is 2.56 bits per heavy atom. The lowest BCUT2D eigenvalue weighted by atomic mass is 10.0. The van der Waals surface area contributed by atoms with Crippen LogP contribution in [0.4, 0.5) is 0 Å². The van der Waals surface area contributed by atoms with Gasteiger partial charge >= 0.3 is 5.97 Å². The monoisotopic (exact) mass is 398 g/mol. The van der Waals surface area contributed by atoms with Gasteiger partial charge in [0.05, 0.1) is 30.6 Å². The van der Waals surface area contributed by atoms with Gasteiger partial charge in [-0.15, -0.1) is 0 Å². The Morgan fingerprint density at radius 1 is 1.30 bits per heavy atom. The second-order valence-electron chi connectivity index (χ2n) is 6.39. The van der Waals surface area contributed by atoms with Gasteiger partial charge in [0, 0.05) is 25.2 Å². The molecule has 1 amide bonds. The van der Waals surface area contributed by atoms with Gasteiger partial charge in [-0.25, -0.2) is 8.42 Å². The minimum atomic E-state index is -3.69. The molecule has 0 aliphatic carbocycles. The van der Waals surface area contributed by atoms with Gasteiger partial charge in [0.2, 0.25) is 10.0 Å². The van der Waals surface area contributed by atoms with Crippen LogP contribution in [0.2, 0.25) is 0 Å². The van der Waals surface area contributed by atoms with E-state index >= 15 is 0 Å². The molecule has 0 bridgehead atoms. The smallest absolute Gasteiger partial charge is 0.305 e. The molecule has 1 unspecified atom stereocenters. The Labute approximate surface area is 159 Å². The van der Waals surface area contributed by atoms with Crippen LogP contribution in [-0.2, 0) is 19.6 Å². The van der Waals surface area contributed by atoms with Gasteiger partial charge in [-0.3, -0.25) is 9.59 Å². The van der Waals surface area contributed by atoms with Crippen LogP contribution in [0.25, 0.3) is 0 Å². The Balaban J connectivity index is 2.40. The first kappa shape index (κ1) is 21.3. The van der Waals surface area contributed by atoms with Crippen molar-refractivity contribution in [3.63, 3.8) is 0 Å². The molecule has 8 nitrogen and oxygen atoms in total. The second-order valence-corrected chi connectivity index (χ2v) is 8.33. The molecule has 1 N–H and O–H groups in total. The van der Waals surface area contributed by atoms with E-state index < -0.39 is 22.0 Å². The number of hydrogen-bond acceptors (Lipinski definition) is 5. The van der Waals surface area contributed by atoms with E-state index in [0.717, 1.165) is 0 Å². The minimum Gasteiger partial charge on any atom is -0.481 e. The third-order valence-electron chi connectivity index (χ3n) is 4.68. The van der Waals surface area contributed by atoms with Gasteiger partial charge in [0.15, 0.2) is 0 Å². The SMILES string of the molecule is CCN(CC)S(=O)(=O)c1ccc(C)c(C(=O)N2CCOCC2CC(=O)O)c1. The van der Waals surface area contributed by atoms with E-state index in [-0.39, 0.29) is 35.9 Å². The highest BCUT2D eigenvalue weighted by Crippen LogP contribution is 2.23. The summed E-state index contributed by atoms with van der Waals surface area (Å²) in [5, 5.41) is 9.08. The summed E-state index contributed by atoms with van der Waals surface area (Å²) >= 11 is 0. The molecule has 2 rings (SSSR count). The van der Waals surface area contributed by atoms with Gasteiger partial charge in [-0.2, -0.15) is 4.31 Å². The molecular formula is C18H26N2O6S. The van der Waals surface area contributed by atoms with E-state index in [1.165, 1.54) is 21.3 Å². The first-order valence-electron chi connectivity index (χ1n) is 8.93. The summed E-state index contributed by atoms with van der Waals surface area (Å²) in [4.78, 5) is 25.7. The van der Waals surface area contributed by atoms with Crippen LogP contribution >= 0.6 is 0 Å². The number of carboxylic acids is 1. The molecule has 0 spiro atoms. The summed E-state index contributed by atoms with van der Waals surface area (Å²) in [6.07, 6.45) is -0.220. The summed E-state index contributed by atoms with van der Waals surface area (Å²) in [7, 11) is -3.69. The molecule has 1 aliphatic rings. The topological polar surface area (TPSA) is 104 Å². The van der Waals surface area contributed by atoms with E-state index in [9.17, 15) is 18.0 Å². The number of sulfonamides is 1. The highest BCUT2D eigenvalue weighted by atomic mass is 32.2. The molecule has 1 fully saturated rings.